The Labute approximate surface area is 159 Å². The molecule has 4 atom stereocenters. The van der Waals surface area contributed by atoms with Crippen LogP contribution in [0.15, 0.2) is 36.4 Å². The molecule has 2 aliphatic heterocycles. The van der Waals surface area contributed by atoms with Crippen LogP contribution in [-0.4, -0.2) is 22.5 Å². The molecule has 0 N–H and O–H groups in total. The molecule has 2 aromatic rings. The summed E-state index contributed by atoms with van der Waals surface area (Å²) in [4.78, 5) is 2.12. The summed E-state index contributed by atoms with van der Waals surface area (Å²) in [6.07, 6.45) is 3.24. The molecule has 2 heterocycles. The van der Waals surface area contributed by atoms with Crippen molar-refractivity contribution >= 4 is 22.7 Å². The molecule has 1 aliphatic carbocycles. The molecule has 2 fully saturated rings. The van der Waals surface area contributed by atoms with E-state index in [4.69, 9.17) is 8.37 Å². The van der Waals surface area contributed by atoms with Gasteiger partial charge in [0.1, 0.15) is 23.8 Å². The Kier molecular flexibility index (Phi) is 4.26. The van der Waals surface area contributed by atoms with E-state index in [1.54, 1.807) is 24.3 Å². The predicted octanol–water partition coefficient (Wildman–Crippen LogP) is 4.12. The molecule has 27 heavy (non-hydrogen) atoms. The third kappa shape index (κ3) is 2.98. The predicted molar refractivity (Wildman–Crippen MR) is 97.9 cm³/mol. The first kappa shape index (κ1) is 17.3. The summed E-state index contributed by atoms with van der Waals surface area (Å²) in [5, 5.41) is 0. The summed E-state index contributed by atoms with van der Waals surface area (Å²) in [6.45, 7) is 0. The number of fused-ring (bicyclic) bond motifs is 3. The minimum absolute atomic E-state index is 0.110. The summed E-state index contributed by atoms with van der Waals surface area (Å²) in [7, 11) is 0. The van der Waals surface area contributed by atoms with Crippen LogP contribution in [0.2, 0.25) is 0 Å². The lowest BCUT2D eigenvalue weighted by atomic mass is 9.88. The van der Waals surface area contributed by atoms with E-state index in [9.17, 15) is 13.0 Å². The Morgan fingerprint density at radius 1 is 0.926 bits per heavy atom. The lowest BCUT2D eigenvalue weighted by Crippen LogP contribution is -2.48. The molecule has 0 radical (unpaired) electrons. The molecule has 1 unspecified atom stereocenters. The number of anilines is 2. The third-order valence-corrected chi connectivity index (χ3v) is 6.51. The van der Waals surface area contributed by atoms with Crippen molar-refractivity contribution in [2.75, 3.05) is 4.90 Å². The summed E-state index contributed by atoms with van der Waals surface area (Å²) in [6, 6.07) is 9.44. The van der Waals surface area contributed by atoms with Gasteiger partial charge in [-0.2, -0.15) is 4.21 Å². The maximum absolute atomic E-state index is 13.9. The van der Waals surface area contributed by atoms with E-state index in [2.05, 4.69) is 4.90 Å². The van der Waals surface area contributed by atoms with Gasteiger partial charge in [0.2, 0.25) is 0 Å². The Hall–Kier alpha value is -1.83. The highest BCUT2D eigenvalue weighted by molar-refractivity contribution is 7.75. The van der Waals surface area contributed by atoms with Crippen LogP contribution in [-0.2, 0) is 32.6 Å². The van der Waals surface area contributed by atoms with Gasteiger partial charge >= 0.3 is 11.4 Å². The number of rotatable bonds is 1. The molecule has 0 bridgehead atoms. The fourth-order valence-electron chi connectivity index (χ4n) is 4.56. The van der Waals surface area contributed by atoms with Gasteiger partial charge in [-0.3, -0.25) is 8.37 Å². The van der Waals surface area contributed by atoms with Gasteiger partial charge in [0.05, 0.1) is 6.04 Å². The van der Waals surface area contributed by atoms with Crippen LogP contribution in [0.4, 0.5) is 20.2 Å². The second-order valence-corrected chi connectivity index (χ2v) is 8.11. The van der Waals surface area contributed by atoms with Gasteiger partial charge in [-0.15, -0.1) is 0 Å². The minimum atomic E-state index is -1.74. The van der Waals surface area contributed by atoms with Crippen molar-refractivity contribution in [3.05, 3.63) is 59.2 Å². The fourth-order valence-corrected chi connectivity index (χ4v) is 5.45. The van der Waals surface area contributed by atoms with Crippen LogP contribution >= 0.6 is 0 Å². The molecule has 4 nitrogen and oxygen atoms in total. The topological polar surface area (TPSA) is 38.8 Å². The molecule has 5 rings (SSSR count). The normalized spacial score (nSPS) is 29.6. The monoisotopic (exact) mass is 391 g/mol. The zero-order valence-electron chi connectivity index (χ0n) is 14.6. The first-order valence-corrected chi connectivity index (χ1v) is 10.2. The second-order valence-electron chi connectivity index (χ2n) is 7.31. The standard InChI is InChI=1S/C20H19F2NO3S/c21-14-6-8-16-12(10-14)4-5-13-11-15(22)7-9-17(13)23(16)18-2-1-3-19-20(18)26-27(24)25-19/h6-11,18-20H,1-5H2/t18-,19-,20+,27?/m1/s1. The average molecular weight is 391 g/mol. The molecule has 2 aromatic carbocycles. The fraction of sp³-hybridized carbons (Fsp3) is 0.400. The number of nitrogens with zero attached hydrogens (tertiary/aromatic N) is 1. The molecular weight excluding hydrogens is 372 g/mol. The van der Waals surface area contributed by atoms with Gasteiger partial charge in [-0.25, -0.2) is 8.78 Å². The van der Waals surface area contributed by atoms with E-state index in [0.29, 0.717) is 12.8 Å². The first-order valence-electron chi connectivity index (χ1n) is 9.22. The molecule has 0 spiro atoms. The highest BCUT2D eigenvalue weighted by Gasteiger charge is 2.46. The zero-order valence-corrected chi connectivity index (χ0v) is 15.4. The van der Waals surface area contributed by atoms with Crippen molar-refractivity contribution in [2.45, 2.75) is 50.4 Å². The molecule has 142 valence electrons. The maximum Gasteiger partial charge on any atom is 0.305 e. The average Bonchev–Trinajstić information content (AvgIpc) is 2.96. The molecule has 1 saturated heterocycles. The largest absolute Gasteiger partial charge is 0.335 e. The number of hydrogen-bond donors (Lipinski definition) is 0. The van der Waals surface area contributed by atoms with E-state index in [-0.39, 0.29) is 29.9 Å². The lowest BCUT2D eigenvalue weighted by Gasteiger charge is -2.41. The van der Waals surface area contributed by atoms with E-state index in [1.807, 2.05) is 0 Å². The number of benzene rings is 2. The van der Waals surface area contributed by atoms with E-state index >= 15 is 0 Å². The van der Waals surface area contributed by atoms with E-state index < -0.39 is 11.4 Å². The quantitative estimate of drug-likeness (QED) is 0.733. The first-order chi connectivity index (χ1) is 13.1. The van der Waals surface area contributed by atoms with Crippen LogP contribution in [0, 0.1) is 11.6 Å². The minimum Gasteiger partial charge on any atom is -0.335 e. The van der Waals surface area contributed by atoms with Crippen LogP contribution in [0.5, 0.6) is 0 Å². The second kappa shape index (κ2) is 6.65. The Morgan fingerprint density at radius 3 is 2.19 bits per heavy atom. The Morgan fingerprint density at radius 2 is 1.56 bits per heavy atom. The molecule has 7 heteroatoms. The zero-order chi connectivity index (χ0) is 18.5. The van der Waals surface area contributed by atoms with Crippen molar-refractivity contribution < 1.29 is 21.4 Å². The van der Waals surface area contributed by atoms with Crippen molar-refractivity contribution in [3.8, 4) is 0 Å². The number of hydrogen-bond acceptors (Lipinski definition) is 4. The summed E-state index contributed by atoms with van der Waals surface area (Å²) < 4.78 is 50.7. The van der Waals surface area contributed by atoms with Gasteiger partial charge in [0.15, 0.2) is 0 Å². The molecule has 3 aliphatic rings. The van der Waals surface area contributed by atoms with E-state index in [0.717, 1.165) is 41.8 Å². The SMILES string of the molecule is O=S1O[C@H]2[C@H](N3c4ccc(F)cc4CCc4cc(F)ccc43)CCC[C@H]2O1. The summed E-state index contributed by atoms with van der Waals surface area (Å²) >= 11 is -1.74. The van der Waals surface area contributed by atoms with Crippen molar-refractivity contribution in [3.63, 3.8) is 0 Å². The van der Waals surface area contributed by atoms with Crippen LogP contribution in [0.25, 0.3) is 0 Å². The van der Waals surface area contributed by atoms with Crippen molar-refractivity contribution in [2.24, 2.45) is 0 Å². The van der Waals surface area contributed by atoms with Gasteiger partial charge in [-0.05, 0) is 79.6 Å². The molecular formula is C20H19F2NO3S. The van der Waals surface area contributed by atoms with Gasteiger partial charge in [0, 0.05) is 11.4 Å². The van der Waals surface area contributed by atoms with Crippen LogP contribution in [0.1, 0.15) is 30.4 Å². The van der Waals surface area contributed by atoms with Crippen molar-refractivity contribution in [1.29, 1.82) is 0 Å². The highest BCUT2D eigenvalue weighted by atomic mass is 32.2. The Bertz CT molecular complexity index is 869. The number of halogens is 2. The Balaban J connectivity index is 1.66. The van der Waals surface area contributed by atoms with Crippen LogP contribution in [0.3, 0.4) is 0 Å². The molecule has 0 aromatic heterocycles. The van der Waals surface area contributed by atoms with E-state index in [1.165, 1.54) is 12.1 Å². The van der Waals surface area contributed by atoms with Crippen LogP contribution < -0.4 is 4.90 Å². The number of aryl methyl sites for hydroxylation is 2. The van der Waals surface area contributed by atoms with Gasteiger partial charge in [-0.1, -0.05) is 0 Å². The maximum atomic E-state index is 13.9. The third-order valence-electron chi connectivity index (χ3n) is 5.72. The highest BCUT2D eigenvalue weighted by Crippen LogP contribution is 2.43. The molecule has 0 amide bonds. The van der Waals surface area contributed by atoms with Gasteiger partial charge in [0.25, 0.3) is 0 Å². The summed E-state index contributed by atoms with van der Waals surface area (Å²) in [5.74, 6) is -0.567. The smallest absolute Gasteiger partial charge is 0.305 e. The molecule has 1 saturated carbocycles. The van der Waals surface area contributed by atoms with Crippen molar-refractivity contribution in [1.82, 2.24) is 0 Å². The summed E-state index contributed by atoms with van der Waals surface area (Å²) in [5.41, 5.74) is 3.56. The van der Waals surface area contributed by atoms with Gasteiger partial charge < -0.3 is 4.90 Å². The lowest BCUT2D eigenvalue weighted by molar-refractivity contribution is 0.0920.